The molecule has 138 valence electrons. The van der Waals surface area contributed by atoms with E-state index in [1.54, 1.807) is 24.1 Å². The van der Waals surface area contributed by atoms with Gasteiger partial charge in [0.1, 0.15) is 18.0 Å². The maximum atomic E-state index is 12.4. The largest absolute Gasteiger partial charge is 0.490 e. The first-order valence-electron chi connectivity index (χ1n) is 8.47. The Kier molecular flexibility index (Phi) is 5.94. The van der Waals surface area contributed by atoms with Crippen molar-refractivity contribution < 1.29 is 9.53 Å². The molecule has 0 saturated carbocycles. The molecule has 0 radical (unpaired) electrons. The zero-order valence-electron chi connectivity index (χ0n) is 15.0. The summed E-state index contributed by atoms with van der Waals surface area (Å²) in [5.74, 6) is 0.652. The molecule has 0 fully saturated rings. The van der Waals surface area contributed by atoms with Crippen LogP contribution in [0.5, 0.6) is 5.75 Å². The molecule has 2 aromatic heterocycles. The van der Waals surface area contributed by atoms with Gasteiger partial charge in [-0.2, -0.15) is 0 Å². The van der Waals surface area contributed by atoms with Gasteiger partial charge in [0.05, 0.1) is 5.69 Å². The quantitative estimate of drug-likeness (QED) is 0.454. The monoisotopic (exact) mass is 381 g/mol. The molecule has 0 spiro atoms. The fraction of sp³-hybridized carbons (Fsp3) is 0.143. The van der Waals surface area contributed by atoms with E-state index in [0.717, 1.165) is 17.0 Å². The molecule has 27 heavy (non-hydrogen) atoms. The van der Waals surface area contributed by atoms with Crippen molar-refractivity contribution in [1.82, 2.24) is 14.3 Å². The number of aromatic nitrogens is 2. The summed E-state index contributed by atoms with van der Waals surface area (Å²) in [7, 11) is 1.75. The second-order valence-electron chi connectivity index (χ2n) is 5.99. The summed E-state index contributed by atoms with van der Waals surface area (Å²) in [5, 5.41) is 0.364. The highest BCUT2D eigenvalue weighted by atomic mass is 35.5. The Hall–Kier alpha value is -3.05. The molecule has 5 nitrogen and oxygen atoms in total. The van der Waals surface area contributed by atoms with Gasteiger partial charge >= 0.3 is 0 Å². The lowest BCUT2D eigenvalue weighted by Gasteiger charge is -2.15. The summed E-state index contributed by atoms with van der Waals surface area (Å²) in [6.07, 6.45) is 6.75. The molecule has 3 aromatic rings. The van der Waals surface area contributed by atoms with E-state index in [1.165, 1.54) is 6.08 Å². The van der Waals surface area contributed by atoms with Crippen LogP contribution < -0.4 is 4.74 Å². The molecule has 3 rings (SSSR count). The number of amides is 1. The Morgan fingerprint density at radius 2 is 2.07 bits per heavy atom. The van der Waals surface area contributed by atoms with Gasteiger partial charge < -0.3 is 9.64 Å². The van der Waals surface area contributed by atoms with E-state index in [0.29, 0.717) is 24.0 Å². The number of pyridine rings is 1. The average Bonchev–Trinajstić information content (AvgIpc) is 3.00. The first-order chi connectivity index (χ1) is 13.1. The van der Waals surface area contributed by atoms with E-state index in [9.17, 15) is 4.79 Å². The van der Waals surface area contributed by atoms with Crippen molar-refractivity contribution in [3.05, 3.63) is 83.8 Å². The maximum Gasteiger partial charge on any atom is 0.246 e. The fourth-order valence-electron chi connectivity index (χ4n) is 2.61. The van der Waals surface area contributed by atoms with Gasteiger partial charge in [0.25, 0.3) is 0 Å². The predicted octanol–water partition coefficient (Wildman–Crippen LogP) is 4.22. The third-order valence-corrected chi connectivity index (χ3v) is 4.27. The van der Waals surface area contributed by atoms with Crippen LogP contribution in [0.1, 0.15) is 11.3 Å². The number of carbonyl (C=O) groups is 1. The van der Waals surface area contributed by atoms with Gasteiger partial charge in [-0.3, -0.25) is 9.20 Å². The van der Waals surface area contributed by atoms with Gasteiger partial charge in [-0.05, 0) is 35.9 Å². The number of imidazole rings is 1. The number of hydrogen-bond donors (Lipinski definition) is 0. The number of ether oxygens (including phenoxy) is 1. The number of hydrogen-bond acceptors (Lipinski definition) is 3. The van der Waals surface area contributed by atoms with Gasteiger partial charge in [-0.1, -0.05) is 42.5 Å². The number of nitrogens with zero attached hydrogens (tertiary/aromatic N) is 3. The van der Waals surface area contributed by atoms with E-state index >= 15 is 0 Å². The number of halogens is 1. The minimum atomic E-state index is -0.121. The molecule has 0 aliphatic rings. The Bertz CT molecular complexity index is 977. The fourth-order valence-corrected chi connectivity index (χ4v) is 2.85. The van der Waals surface area contributed by atoms with Crippen molar-refractivity contribution in [3.63, 3.8) is 0 Å². The molecule has 2 heterocycles. The Labute approximate surface area is 163 Å². The first-order valence-corrected chi connectivity index (χ1v) is 8.84. The molecule has 6 heteroatoms. The smallest absolute Gasteiger partial charge is 0.246 e. The average molecular weight is 382 g/mol. The van der Waals surface area contributed by atoms with Crippen molar-refractivity contribution >= 4 is 29.2 Å². The SMILES string of the molecule is C=CCOc1ccc(CN(C)C(=O)/C=C/c2c(Cl)nc3ccccn23)cc1. The predicted molar refractivity (Wildman–Crippen MR) is 108 cm³/mol. The number of fused-ring (bicyclic) bond motifs is 1. The summed E-state index contributed by atoms with van der Waals surface area (Å²) in [5.41, 5.74) is 2.43. The van der Waals surface area contributed by atoms with Gasteiger partial charge in [-0.15, -0.1) is 0 Å². The maximum absolute atomic E-state index is 12.4. The molecule has 0 bridgehead atoms. The van der Waals surface area contributed by atoms with Crippen LogP contribution in [0, 0.1) is 0 Å². The number of benzene rings is 1. The van der Waals surface area contributed by atoms with Crippen LogP contribution in [0.4, 0.5) is 0 Å². The molecular weight excluding hydrogens is 362 g/mol. The normalized spacial score (nSPS) is 11.0. The number of carbonyl (C=O) groups excluding carboxylic acids is 1. The van der Waals surface area contributed by atoms with Crippen LogP contribution in [0.25, 0.3) is 11.7 Å². The van der Waals surface area contributed by atoms with E-state index in [2.05, 4.69) is 11.6 Å². The molecule has 0 atom stereocenters. The van der Waals surface area contributed by atoms with Crippen molar-refractivity contribution in [3.8, 4) is 5.75 Å². The lowest BCUT2D eigenvalue weighted by atomic mass is 10.2. The number of rotatable bonds is 7. The summed E-state index contributed by atoms with van der Waals surface area (Å²) in [4.78, 5) is 18.3. The molecule has 0 saturated heterocycles. The molecular formula is C21H20ClN3O2. The Morgan fingerprint density at radius 1 is 1.30 bits per heavy atom. The molecule has 1 amide bonds. The van der Waals surface area contributed by atoms with Crippen LogP contribution in [-0.2, 0) is 11.3 Å². The lowest BCUT2D eigenvalue weighted by Crippen LogP contribution is -2.24. The third-order valence-electron chi connectivity index (χ3n) is 3.99. The lowest BCUT2D eigenvalue weighted by molar-refractivity contribution is -0.125. The molecule has 1 aromatic carbocycles. The van der Waals surface area contributed by atoms with Crippen molar-refractivity contribution in [2.45, 2.75) is 6.54 Å². The summed E-state index contributed by atoms with van der Waals surface area (Å²) >= 11 is 6.19. The van der Waals surface area contributed by atoms with E-state index < -0.39 is 0 Å². The van der Waals surface area contributed by atoms with Crippen LogP contribution in [0.15, 0.2) is 67.4 Å². The van der Waals surface area contributed by atoms with Gasteiger partial charge in [0.15, 0.2) is 5.15 Å². The standard InChI is InChI=1S/C21H20ClN3O2/c1-3-14-27-17-9-7-16(8-10-17)15-24(2)20(26)12-11-18-21(22)23-19-6-4-5-13-25(18)19/h3-13H,1,14-15H2,2H3/b12-11+. The third kappa shape index (κ3) is 4.57. The second-order valence-corrected chi connectivity index (χ2v) is 6.35. The minimum absolute atomic E-state index is 0.121. The van der Waals surface area contributed by atoms with Crippen LogP contribution in [0.2, 0.25) is 5.15 Å². The minimum Gasteiger partial charge on any atom is -0.490 e. The molecule has 0 N–H and O–H groups in total. The number of likely N-dealkylation sites (N-methyl/N-ethyl adjacent to an activating group) is 1. The highest BCUT2D eigenvalue weighted by Crippen LogP contribution is 2.19. The summed E-state index contributed by atoms with van der Waals surface area (Å²) in [6, 6.07) is 13.3. The van der Waals surface area contributed by atoms with Gasteiger partial charge in [0, 0.05) is 25.9 Å². The second kappa shape index (κ2) is 8.56. The zero-order chi connectivity index (χ0) is 19.2. The Morgan fingerprint density at radius 3 is 2.81 bits per heavy atom. The highest BCUT2D eigenvalue weighted by molar-refractivity contribution is 6.31. The first kappa shape index (κ1) is 18.7. The van der Waals surface area contributed by atoms with E-state index in [4.69, 9.17) is 16.3 Å². The highest BCUT2D eigenvalue weighted by Gasteiger charge is 2.09. The van der Waals surface area contributed by atoms with Crippen LogP contribution in [-0.4, -0.2) is 33.8 Å². The van der Waals surface area contributed by atoms with E-state index in [-0.39, 0.29) is 5.91 Å². The molecule has 0 aliphatic heterocycles. The van der Waals surface area contributed by atoms with Crippen molar-refractivity contribution in [2.75, 3.05) is 13.7 Å². The van der Waals surface area contributed by atoms with Crippen LogP contribution in [0.3, 0.4) is 0 Å². The topological polar surface area (TPSA) is 46.8 Å². The zero-order valence-corrected chi connectivity index (χ0v) is 15.8. The van der Waals surface area contributed by atoms with Crippen molar-refractivity contribution in [1.29, 1.82) is 0 Å². The summed E-state index contributed by atoms with van der Waals surface area (Å²) < 4.78 is 7.30. The van der Waals surface area contributed by atoms with Crippen molar-refractivity contribution in [2.24, 2.45) is 0 Å². The van der Waals surface area contributed by atoms with Crippen LogP contribution >= 0.6 is 11.6 Å². The van der Waals surface area contributed by atoms with E-state index in [1.807, 2.05) is 53.1 Å². The molecule has 0 unspecified atom stereocenters. The molecule has 0 aliphatic carbocycles. The van der Waals surface area contributed by atoms with Gasteiger partial charge in [0.2, 0.25) is 5.91 Å². The Balaban J connectivity index is 1.65. The van der Waals surface area contributed by atoms with Gasteiger partial charge in [-0.25, -0.2) is 4.98 Å². The summed E-state index contributed by atoms with van der Waals surface area (Å²) in [6.45, 7) is 4.58.